The van der Waals surface area contributed by atoms with Crippen LogP contribution in [0.25, 0.3) is 0 Å². The molecule has 4 rings (SSSR count). The molecule has 0 bridgehead atoms. The van der Waals surface area contributed by atoms with Crippen LogP contribution in [0.1, 0.15) is 40.5 Å². The molecule has 1 heterocycles. The maximum atomic E-state index is 13.0. The molecule has 1 amide bonds. The van der Waals surface area contributed by atoms with Crippen LogP contribution in [0.5, 0.6) is 0 Å². The number of piperazine rings is 1. The van der Waals surface area contributed by atoms with Crippen LogP contribution < -0.4 is 10.2 Å². The summed E-state index contributed by atoms with van der Waals surface area (Å²) in [5.41, 5.74) is 2.11. The van der Waals surface area contributed by atoms with Crippen LogP contribution in [-0.4, -0.2) is 56.6 Å². The predicted molar refractivity (Wildman–Crippen MR) is 114 cm³/mol. The van der Waals surface area contributed by atoms with Crippen LogP contribution in [0.15, 0.2) is 53.4 Å². The molecular formula is C22H25N3O4S. The number of nitrogens with one attached hydrogen (secondary N) is 1. The number of rotatable bonds is 6. The topological polar surface area (TPSA) is 86.8 Å². The zero-order valence-corrected chi connectivity index (χ0v) is 17.7. The Bertz CT molecular complexity index is 1040. The van der Waals surface area contributed by atoms with Crippen LogP contribution in [-0.2, 0) is 10.0 Å². The molecule has 0 atom stereocenters. The minimum atomic E-state index is -3.61. The lowest BCUT2D eigenvalue weighted by Crippen LogP contribution is -2.48. The minimum absolute atomic E-state index is 0.0218. The van der Waals surface area contributed by atoms with E-state index < -0.39 is 10.0 Å². The molecule has 1 aliphatic heterocycles. The Morgan fingerprint density at radius 3 is 1.97 bits per heavy atom. The predicted octanol–water partition coefficient (Wildman–Crippen LogP) is 2.29. The van der Waals surface area contributed by atoms with Gasteiger partial charge in [-0.05, 0) is 68.3 Å². The summed E-state index contributed by atoms with van der Waals surface area (Å²) in [6, 6.07) is 13.8. The van der Waals surface area contributed by atoms with Gasteiger partial charge in [0.15, 0.2) is 5.78 Å². The second kappa shape index (κ2) is 8.20. The first-order valence-electron chi connectivity index (χ1n) is 10.1. The lowest BCUT2D eigenvalue weighted by Gasteiger charge is -2.35. The molecule has 1 saturated heterocycles. The fourth-order valence-corrected chi connectivity index (χ4v) is 4.94. The summed E-state index contributed by atoms with van der Waals surface area (Å²) in [5.74, 6) is -0.139. The Labute approximate surface area is 176 Å². The van der Waals surface area contributed by atoms with Gasteiger partial charge in [-0.2, -0.15) is 4.31 Å². The molecule has 2 aromatic carbocycles. The first-order chi connectivity index (χ1) is 14.3. The highest BCUT2D eigenvalue weighted by atomic mass is 32.2. The van der Waals surface area contributed by atoms with Crippen molar-refractivity contribution in [2.75, 3.05) is 31.1 Å². The van der Waals surface area contributed by atoms with Crippen molar-refractivity contribution in [2.45, 2.75) is 30.7 Å². The van der Waals surface area contributed by atoms with Crippen LogP contribution in [0, 0.1) is 0 Å². The quantitative estimate of drug-likeness (QED) is 0.715. The van der Waals surface area contributed by atoms with E-state index in [0.717, 1.165) is 18.5 Å². The van der Waals surface area contributed by atoms with Crippen molar-refractivity contribution >= 4 is 27.4 Å². The molecule has 0 aromatic heterocycles. The van der Waals surface area contributed by atoms with Gasteiger partial charge in [-0.3, -0.25) is 9.59 Å². The number of carbonyl (C=O) groups is 2. The number of hydrogen-bond donors (Lipinski definition) is 1. The average Bonchev–Trinajstić information content (AvgIpc) is 3.58. The van der Waals surface area contributed by atoms with Gasteiger partial charge >= 0.3 is 0 Å². The van der Waals surface area contributed by atoms with Gasteiger partial charge < -0.3 is 10.2 Å². The summed E-state index contributed by atoms with van der Waals surface area (Å²) >= 11 is 0. The molecule has 2 aliphatic rings. The Morgan fingerprint density at radius 1 is 0.867 bits per heavy atom. The number of nitrogens with zero attached hydrogens (tertiary/aromatic N) is 2. The standard InChI is InChI=1S/C22H25N3O4S/c1-16(26)17-2-8-20(9-3-17)24-12-14-25(15-13-24)30(28,29)21-10-4-18(5-11-21)22(27)23-19-6-7-19/h2-5,8-11,19H,6-7,12-15H2,1H3,(H,23,27). The molecule has 0 radical (unpaired) electrons. The molecule has 1 N–H and O–H groups in total. The van der Waals surface area contributed by atoms with Crippen molar-refractivity contribution in [3.8, 4) is 0 Å². The fourth-order valence-electron chi connectivity index (χ4n) is 3.52. The van der Waals surface area contributed by atoms with Gasteiger partial charge in [0.25, 0.3) is 5.91 Å². The van der Waals surface area contributed by atoms with Gasteiger partial charge in [-0.1, -0.05) is 0 Å². The summed E-state index contributed by atoms with van der Waals surface area (Å²) in [6.45, 7) is 3.42. The fraction of sp³-hybridized carbons (Fsp3) is 0.364. The number of carbonyl (C=O) groups excluding carboxylic acids is 2. The van der Waals surface area contributed by atoms with Crippen molar-refractivity contribution in [3.05, 3.63) is 59.7 Å². The van der Waals surface area contributed by atoms with E-state index in [1.54, 1.807) is 24.3 Å². The van der Waals surface area contributed by atoms with Crippen molar-refractivity contribution in [1.29, 1.82) is 0 Å². The molecule has 2 aromatic rings. The Kier molecular flexibility index (Phi) is 5.62. The van der Waals surface area contributed by atoms with Gasteiger partial charge in [0.1, 0.15) is 0 Å². The minimum Gasteiger partial charge on any atom is -0.369 e. The van der Waals surface area contributed by atoms with Gasteiger partial charge in [0.2, 0.25) is 10.0 Å². The molecule has 30 heavy (non-hydrogen) atoms. The SMILES string of the molecule is CC(=O)c1ccc(N2CCN(S(=O)(=O)c3ccc(C(=O)NC4CC4)cc3)CC2)cc1. The van der Waals surface area contributed by atoms with Crippen LogP contribution in [0.2, 0.25) is 0 Å². The molecule has 8 heteroatoms. The highest BCUT2D eigenvalue weighted by molar-refractivity contribution is 7.89. The molecule has 1 aliphatic carbocycles. The Balaban J connectivity index is 1.39. The lowest BCUT2D eigenvalue weighted by molar-refractivity contribution is 0.0950. The van der Waals surface area contributed by atoms with Crippen molar-refractivity contribution in [2.24, 2.45) is 0 Å². The van der Waals surface area contributed by atoms with E-state index in [1.165, 1.54) is 23.4 Å². The van der Waals surface area contributed by atoms with Gasteiger partial charge in [-0.15, -0.1) is 0 Å². The molecule has 158 valence electrons. The number of hydrogen-bond acceptors (Lipinski definition) is 5. The summed E-state index contributed by atoms with van der Waals surface area (Å²) in [5, 5.41) is 2.90. The van der Waals surface area contributed by atoms with Crippen LogP contribution in [0.3, 0.4) is 0 Å². The summed E-state index contributed by atoms with van der Waals surface area (Å²) in [4.78, 5) is 25.8. The first kappa shape index (κ1) is 20.6. The maximum absolute atomic E-state index is 13.0. The Morgan fingerprint density at radius 2 is 1.43 bits per heavy atom. The molecule has 0 unspecified atom stereocenters. The largest absolute Gasteiger partial charge is 0.369 e. The van der Waals surface area contributed by atoms with E-state index in [2.05, 4.69) is 10.2 Å². The van der Waals surface area contributed by atoms with E-state index in [-0.39, 0.29) is 22.6 Å². The number of sulfonamides is 1. The second-order valence-corrected chi connectivity index (χ2v) is 9.70. The number of benzene rings is 2. The Hall–Kier alpha value is -2.71. The molecular weight excluding hydrogens is 402 g/mol. The zero-order chi connectivity index (χ0) is 21.3. The number of Topliss-reactive ketones (excluding diaryl/α,β-unsaturated/α-hetero) is 1. The average molecular weight is 428 g/mol. The van der Waals surface area contributed by atoms with Crippen LogP contribution in [0.4, 0.5) is 5.69 Å². The van der Waals surface area contributed by atoms with Crippen molar-refractivity contribution < 1.29 is 18.0 Å². The third-order valence-corrected chi connectivity index (χ3v) is 7.46. The first-order valence-corrected chi connectivity index (χ1v) is 11.6. The van der Waals surface area contributed by atoms with Crippen LogP contribution >= 0.6 is 0 Å². The van der Waals surface area contributed by atoms with Gasteiger partial charge in [0.05, 0.1) is 4.90 Å². The molecule has 2 fully saturated rings. The third kappa shape index (κ3) is 4.39. The number of ketones is 1. The monoisotopic (exact) mass is 427 g/mol. The van der Waals surface area contributed by atoms with E-state index in [4.69, 9.17) is 0 Å². The zero-order valence-electron chi connectivity index (χ0n) is 16.9. The number of anilines is 1. The molecule has 0 spiro atoms. The second-order valence-electron chi connectivity index (χ2n) is 7.77. The highest BCUT2D eigenvalue weighted by Gasteiger charge is 2.29. The van der Waals surface area contributed by atoms with Gasteiger partial charge in [0, 0.05) is 49.0 Å². The van der Waals surface area contributed by atoms with Crippen molar-refractivity contribution in [1.82, 2.24) is 9.62 Å². The lowest BCUT2D eigenvalue weighted by atomic mass is 10.1. The summed E-state index contributed by atoms with van der Waals surface area (Å²) in [6.07, 6.45) is 2.01. The maximum Gasteiger partial charge on any atom is 0.251 e. The number of amides is 1. The van der Waals surface area contributed by atoms with E-state index >= 15 is 0 Å². The molecule has 1 saturated carbocycles. The highest BCUT2D eigenvalue weighted by Crippen LogP contribution is 2.23. The smallest absolute Gasteiger partial charge is 0.251 e. The van der Waals surface area contributed by atoms with E-state index in [9.17, 15) is 18.0 Å². The third-order valence-electron chi connectivity index (χ3n) is 5.54. The van der Waals surface area contributed by atoms with E-state index in [1.807, 2.05) is 12.1 Å². The summed E-state index contributed by atoms with van der Waals surface area (Å²) < 4.78 is 27.5. The normalized spacial score (nSPS) is 17.6. The summed E-state index contributed by atoms with van der Waals surface area (Å²) in [7, 11) is -3.61. The van der Waals surface area contributed by atoms with E-state index in [0.29, 0.717) is 37.3 Å². The van der Waals surface area contributed by atoms with Crippen molar-refractivity contribution in [3.63, 3.8) is 0 Å². The molecule has 7 nitrogen and oxygen atoms in total. The van der Waals surface area contributed by atoms with Gasteiger partial charge in [-0.25, -0.2) is 8.42 Å².